The Hall–Kier alpha value is -1.07. The van der Waals surface area contributed by atoms with E-state index in [0.717, 1.165) is 25.1 Å². The lowest BCUT2D eigenvalue weighted by Gasteiger charge is -2.23. The van der Waals surface area contributed by atoms with Gasteiger partial charge in [-0.2, -0.15) is 0 Å². The molecule has 5 heteroatoms. The topological polar surface area (TPSA) is 63.4 Å². The molecule has 2 N–H and O–H groups in total. The van der Waals surface area contributed by atoms with Crippen molar-refractivity contribution < 1.29 is 8.42 Å². The van der Waals surface area contributed by atoms with E-state index in [1.807, 2.05) is 19.2 Å². The number of sulfone groups is 1. The van der Waals surface area contributed by atoms with Crippen molar-refractivity contribution in [1.82, 2.24) is 0 Å². The van der Waals surface area contributed by atoms with Crippen LogP contribution < -0.4 is 10.6 Å². The van der Waals surface area contributed by atoms with Crippen molar-refractivity contribution in [1.29, 1.82) is 0 Å². The summed E-state index contributed by atoms with van der Waals surface area (Å²) in [7, 11) is -1.14. The number of nitrogens with two attached hydrogens (primary N) is 1. The molecule has 0 atom stereocenters. The van der Waals surface area contributed by atoms with Gasteiger partial charge in [-0.25, -0.2) is 8.42 Å². The lowest BCUT2D eigenvalue weighted by Crippen LogP contribution is -2.37. The molecule has 2 rings (SSSR count). The summed E-state index contributed by atoms with van der Waals surface area (Å²) < 4.78 is 22.6. The monoisotopic (exact) mass is 254 g/mol. The minimum atomic E-state index is -3.11. The zero-order valence-corrected chi connectivity index (χ0v) is 11.0. The van der Waals surface area contributed by atoms with Crippen molar-refractivity contribution in [2.24, 2.45) is 5.73 Å². The minimum Gasteiger partial charge on any atom is -0.373 e. The number of likely N-dealkylation sites (N-methyl/N-ethyl adjacent to an activating group) is 1. The highest BCUT2D eigenvalue weighted by Gasteiger charge is 2.39. The highest BCUT2D eigenvalue weighted by molar-refractivity contribution is 7.90. The number of nitrogens with zero attached hydrogens (tertiary/aromatic N) is 1. The largest absolute Gasteiger partial charge is 0.373 e. The van der Waals surface area contributed by atoms with Crippen molar-refractivity contribution in [3.63, 3.8) is 0 Å². The van der Waals surface area contributed by atoms with Gasteiger partial charge in [-0.3, -0.25) is 0 Å². The minimum absolute atomic E-state index is 0.0374. The normalized spacial score (nSPS) is 17.8. The van der Waals surface area contributed by atoms with Crippen molar-refractivity contribution >= 4 is 15.5 Å². The van der Waals surface area contributed by atoms with E-state index in [-0.39, 0.29) is 5.54 Å². The quantitative estimate of drug-likeness (QED) is 0.871. The maximum absolute atomic E-state index is 11.3. The fraction of sp³-hybridized carbons (Fsp3) is 0.500. The molecular formula is C12H18N2O2S. The number of benzene rings is 1. The van der Waals surface area contributed by atoms with Gasteiger partial charge >= 0.3 is 0 Å². The Bertz CT molecular complexity index is 504. The smallest absolute Gasteiger partial charge is 0.175 e. The summed E-state index contributed by atoms with van der Waals surface area (Å²) in [6, 6.07) is 6.92. The van der Waals surface area contributed by atoms with Gasteiger partial charge in [0, 0.05) is 31.1 Å². The Morgan fingerprint density at radius 2 is 1.82 bits per heavy atom. The molecule has 0 saturated heterocycles. The molecule has 0 radical (unpaired) electrons. The van der Waals surface area contributed by atoms with Gasteiger partial charge in [-0.1, -0.05) is 0 Å². The van der Waals surface area contributed by atoms with E-state index < -0.39 is 9.84 Å². The van der Waals surface area contributed by atoms with Crippen LogP contribution in [0.1, 0.15) is 12.8 Å². The third-order valence-electron chi connectivity index (χ3n) is 3.15. The first-order chi connectivity index (χ1) is 7.80. The zero-order valence-electron chi connectivity index (χ0n) is 10.2. The summed E-state index contributed by atoms with van der Waals surface area (Å²) in [5.41, 5.74) is 7.00. The van der Waals surface area contributed by atoms with Crippen LogP contribution in [0.2, 0.25) is 0 Å². The molecular weight excluding hydrogens is 236 g/mol. The first kappa shape index (κ1) is 12.4. The molecule has 17 heavy (non-hydrogen) atoms. The molecule has 94 valence electrons. The van der Waals surface area contributed by atoms with Gasteiger partial charge in [-0.05, 0) is 37.1 Å². The van der Waals surface area contributed by atoms with Crippen LogP contribution in [0.5, 0.6) is 0 Å². The van der Waals surface area contributed by atoms with Crippen LogP contribution in [0.25, 0.3) is 0 Å². The van der Waals surface area contributed by atoms with Crippen LogP contribution in [-0.4, -0.2) is 33.8 Å². The van der Waals surface area contributed by atoms with Crippen molar-refractivity contribution in [3.05, 3.63) is 24.3 Å². The SMILES string of the molecule is CN(CC1(N)CC1)c1ccc(S(C)(=O)=O)cc1. The Balaban J connectivity index is 2.12. The molecule has 4 nitrogen and oxygen atoms in total. The summed E-state index contributed by atoms with van der Waals surface area (Å²) >= 11 is 0. The molecule has 1 aliphatic carbocycles. The second kappa shape index (κ2) is 3.99. The number of hydrogen-bond acceptors (Lipinski definition) is 4. The van der Waals surface area contributed by atoms with Crippen LogP contribution in [0.15, 0.2) is 29.2 Å². The summed E-state index contributed by atoms with van der Waals surface area (Å²) in [6.45, 7) is 0.811. The van der Waals surface area contributed by atoms with E-state index in [2.05, 4.69) is 4.90 Å². The second-order valence-electron chi connectivity index (χ2n) is 4.98. The molecule has 0 aromatic heterocycles. The fourth-order valence-corrected chi connectivity index (χ4v) is 2.46. The van der Waals surface area contributed by atoms with E-state index >= 15 is 0 Å². The Kier molecular flexibility index (Phi) is 2.91. The predicted octanol–water partition coefficient (Wildman–Crippen LogP) is 1.02. The van der Waals surface area contributed by atoms with Crippen molar-refractivity contribution in [2.45, 2.75) is 23.3 Å². The maximum atomic E-state index is 11.3. The predicted molar refractivity (Wildman–Crippen MR) is 69.0 cm³/mol. The molecule has 0 heterocycles. The summed E-state index contributed by atoms with van der Waals surface area (Å²) in [5.74, 6) is 0. The average molecular weight is 254 g/mol. The Morgan fingerprint density at radius 3 is 2.24 bits per heavy atom. The van der Waals surface area contributed by atoms with Gasteiger partial charge in [0.15, 0.2) is 9.84 Å². The number of anilines is 1. The van der Waals surface area contributed by atoms with Crippen LogP contribution in [-0.2, 0) is 9.84 Å². The van der Waals surface area contributed by atoms with Gasteiger partial charge in [-0.15, -0.1) is 0 Å². The summed E-state index contributed by atoms with van der Waals surface area (Å²) in [5, 5.41) is 0. The first-order valence-electron chi connectivity index (χ1n) is 5.60. The molecule has 1 aliphatic rings. The van der Waals surface area contributed by atoms with Crippen LogP contribution in [0, 0.1) is 0 Å². The van der Waals surface area contributed by atoms with Crippen molar-refractivity contribution in [3.8, 4) is 0 Å². The molecule has 1 aromatic carbocycles. The lowest BCUT2D eigenvalue weighted by molar-refractivity contribution is 0.602. The van der Waals surface area contributed by atoms with Gasteiger partial charge in [0.1, 0.15) is 0 Å². The Morgan fingerprint density at radius 1 is 1.29 bits per heavy atom. The van der Waals surface area contributed by atoms with Crippen LogP contribution >= 0.6 is 0 Å². The average Bonchev–Trinajstić information content (AvgIpc) is 2.95. The highest BCUT2D eigenvalue weighted by Crippen LogP contribution is 2.33. The zero-order chi connectivity index (χ0) is 12.7. The van der Waals surface area contributed by atoms with Gasteiger partial charge in [0.05, 0.1) is 4.90 Å². The molecule has 0 aliphatic heterocycles. The molecule has 0 spiro atoms. The summed E-state index contributed by atoms with van der Waals surface area (Å²) in [4.78, 5) is 2.42. The number of rotatable bonds is 4. The van der Waals surface area contributed by atoms with E-state index in [9.17, 15) is 8.42 Å². The van der Waals surface area contributed by atoms with E-state index in [0.29, 0.717) is 4.90 Å². The molecule has 1 saturated carbocycles. The van der Waals surface area contributed by atoms with Crippen molar-refractivity contribution in [2.75, 3.05) is 24.7 Å². The highest BCUT2D eigenvalue weighted by atomic mass is 32.2. The third kappa shape index (κ3) is 2.98. The second-order valence-corrected chi connectivity index (χ2v) is 7.00. The molecule has 0 bridgehead atoms. The number of hydrogen-bond donors (Lipinski definition) is 1. The van der Waals surface area contributed by atoms with E-state index in [4.69, 9.17) is 5.73 Å². The fourth-order valence-electron chi connectivity index (χ4n) is 1.83. The van der Waals surface area contributed by atoms with Crippen LogP contribution in [0.4, 0.5) is 5.69 Å². The van der Waals surface area contributed by atoms with Crippen LogP contribution in [0.3, 0.4) is 0 Å². The molecule has 1 fully saturated rings. The van der Waals surface area contributed by atoms with E-state index in [1.165, 1.54) is 6.26 Å². The standard InChI is InChI=1S/C12H18N2O2S/c1-14(9-12(13)7-8-12)10-3-5-11(6-4-10)17(2,15)16/h3-6H,7-9,13H2,1-2H3. The van der Waals surface area contributed by atoms with Gasteiger partial charge in [0.25, 0.3) is 0 Å². The third-order valence-corrected chi connectivity index (χ3v) is 4.28. The molecule has 0 unspecified atom stereocenters. The summed E-state index contributed by atoms with van der Waals surface area (Å²) in [6.07, 6.45) is 3.35. The lowest BCUT2D eigenvalue weighted by atomic mass is 10.2. The van der Waals surface area contributed by atoms with Gasteiger partial charge in [0.2, 0.25) is 0 Å². The van der Waals surface area contributed by atoms with E-state index in [1.54, 1.807) is 12.1 Å². The first-order valence-corrected chi connectivity index (χ1v) is 7.49. The molecule has 0 amide bonds. The molecule has 1 aromatic rings. The Labute approximate surface area is 102 Å². The van der Waals surface area contributed by atoms with Gasteiger partial charge < -0.3 is 10.6 Å². The maximum Gasteiger partial charge on any atom is 0.175 e.